The van der Waals surface area contributed by atoms with Crippen LogP contribution in [0.4, 0.5) is 0 Å². The first-order valence-corrected chi connectivity index (χ1v) is 9.41. The van der Waals surface area contributed by atoms with Gasteiger partial charge in [0.1, 0.15) is 0 Å². The molecular formula is C10H15Cl2MoNO-. The van der Waals surface area contributed by atoms with Gasteiger partial charge in [-0.3, -0.25) is 0 Å². The molecule has 87 valence electrons. The van der Waals surface area contributed by atoms with Crippen LogP contribution in [0.2, 0.25) is 0 Å². The second-order valence-corrected chi connectivity index (χ2v) is 6.23. The predicted octanol–water partition coefficient (Wildman–Crippen LogP) is 4.97. The third kappa shape index (κ3) is 5.28. The molecule has 5 heteroatoms. The molecule has 0 atom stereocenters. The van der Waals surface area contributed by atoms with E-state index in [1.165, 1.54) is 28.2 Å². The Bertz CT molecular complexity index is 240. The van der Waals surface area contributed by atoms with Gasteiger partial charge >= 0.3 is 35.3 Å². The summed E-state index contributed by atoms with van der Waals surface area (Å²) >= 11 is -0.586. The van der Waals surface area contributed by atoms with Gasteiger partial charge in [0.15, 0.2) is 0 Å². The van der Waals surface area contributed by atoms with Gasteiger partial charge in [0.25, 0.3) is 0 Å². The summed E-state index contributed by atoms with van der Waals surface area (Å²) in [5, 5.41) is 0. The molecule has 0 bridgehead atoms. The van der Waals surface area contributed by atoms with E-state index < -0.39 is 16.5 Å². The minimum Gasteiger partial charge on any atom is -0.577 e. The maximum atomic E-state index is 7.25. The molecule has 0 aromatic carbocycles. The zero-order valence-electron chi connectivity index (χ0n) is 9.52. The van der Waals surface area contributed by atoms with E-state index in [-0.39, 0.29) is 0 Å². The fourth-order valence-corrected chi connectivity index (χ4v) is 1.41. The normalized spacial score (nSPS) is 15.7. The van der Waals surface area contributed by atoms with Gasteiger partial charge in [0, 0.05) is 5.92 Å². The van der Waals surface area contributed by atoms with E-state index in [4.69, 9.17) is 29.3 Å². The molecule has 0 saturated carbocycles. The molecule has 0 fully saturated rings. The van der Waals surface area contributed by atoms with Crippen LogP contribution in [0.25, 0.3) is 5.59 Å². The number of rotatable bonds is 0. The van der Waals surface area contributed by atoms with E-state index in [1.807, 2.05) is 0 Å². The van der Waals surface area contributed by atoms with Gasteiger partial charge < -0.3 is 10.5 Å². The average molecular weight is 332 g/mol. The van der Waals surface area contributed by atoms with Gasteiger partial charge in [0.2, 0.25) is 0 Å². The second kappa shape index (κ2) is 9.57. The maximum Gasteiger partial charge on any atom is -0.423 e. The van der Waals surface area contributed by atoms with Crippen molar-refractivity contribution in [1.29, 1.82) is 0 Å². The van der Waals surface area contributed by atoms with Gasteiger partial charge in [-0.2, -0.15) is 0 Å². The summed E-state index contributed by atoms with van der Waals surface area (Å²) in [6, 6.07) is 0. The van der Waals surface area contributed by atoms with Crippen molar-refractivity contribution < 1.29 is 16.5 Å². The monoisotopic (exact) mass is 333 g/mol. The van der Waals surface area contributed by atoms with E-state index in [0.717, 1.165) is 0 Å². The summed E-state index contributed by atoms with van der Waals surface area (Å²) in [7, 11) is 9.79. The first kappa shape index (κ1) is 17.7. The van der Waals surface area contributed by atoms with Crippen LogP contribution in [-0.4, -0.2) is 0 Å². The van der Waals surface area contributed by atoms with Crippen LogP contribution in [0.3, 0.4) is 0 Å². The van der Waals surface area contributed by atoms with Crippen LogP contribution >= 0.6 is 18.8 Å². The first-order valence-electron chi connectivity index (χ1n) is 4.24. The molecule has 0 N–H and O–H groups in total. The van der Waals surface area contributed by atoms with Crippen LogP contribution in [0, 0.1) is 10.8 Å². The van der Waals surface area contributed by atoms with Crippen molar-refractivity contribution in [1.82, 2.24) is 0 Å². The van der Waals surface area contributed by atoms with E-state index in [9.17, 15) is 0 Å². The topological polar surface area (TPSA) is 39.4 Å². The fraction of sp³-hybridized carbons (Fsp3) is 0.500. The number of hydrogen-bond acceptors (Lipinski definition) is 1. The molecule has 0 spiro atoms. The van der Waals surface area contributed by atoms with Gasteiger partial charge in [-0.05, 0) is 38.8 Å². The van der Waals surface area contributed by atoms with Crippen LogP contribution in [0.5, 0.6) is 0 Å². The van der Waals surface area contributed by atoms with E-state index in [0.29, 0.717) is 0 Å². The van der Waals surface area contributed by atoms with E-state index in [2.05, 4.69) is 34.6 Å². The zero-order chi connectivity index (χ0) is 12.6. The van der Waals surface area contributed by atoms with Crippen molar-refractivity contribution in [3.05, 3.63) is 38.7 Å². The Labute approximate surface area is 108 Å². The fourth-order valence-electron chi connectivity index (χ4n) is 1.41. The van der Waals surface area contributed by atoms with E-state index >= 15 is 0 Å². The van der Waals surface area contributed by atoms with Crippen LogP contribution in [0.1, 0.15) is 34.6 Å². The van der Waals surface area contributed by atoms with Crippen LogP contribution in [-0.2, 0) is 16.5 Å². The van der Waals surface area contributed by atoms with Gasteiger partial charge in [-0.1, -0.05) is 18.1 Å². The molecule has 0 saturated heterocycles. The quantitative estimate of drug-likeness (QED) is 0.578. The SMILES string of the molecule is C[C]1C(C)=C(C)C(C)=C1C.[Cl][Mo][Cl].[N-]=O. The van der Waals surface area contributed by atoms with Gasteiger partial charge in [-0.25, -0.2) is 0 Å². The molecule has 0 amide bonds. The minimum atomic E-state index is -0.586. The molecule has 0 aromatic rings. The summed E-state index contributed by atoms with van der Waals surface area (Å²) in [4.78, 5) is 7.25. The van der Waals surface area contributed by atoms with Gasteiger partial charge in [0.05, 0.1) is 0 Å². The Kier molecular flexibility index (Phi) is 11.3. The molecule has 15 heavy (non-hydrogen) atoms. The minimum absolute atomic E-state index is 0.586. The molecule has 0 heterocycles. The van der Waals surface area contributed by atoms with Crippen molar-refractivity contribution in [3.8, 4) is 0 Å². The molecule has 1 aliphatic rings. The molecule has 1 aliphatic carbocycles. The summed E-state index contributed by atoms with van der Waals surface area (Å²) in [5.41, 5.74) is 11.6. The van der Waals surface area contributed by atoms with E-state index in [1.54, 1.807) is 0 Å². The Morgan fingerprint density at radius 1 is 0.800 bits per heavy atom. The number of nitroso groups, excluding NO2 is 1. The second-order valence-electron chi connectivity index (χ2n) is 3.18. The summed E-state index contributed by atoms with van der Waals surface area (Å²) in [5.74, 6) is 1.47. The Hall–Kier alpha value is 0.348. The maximum absolute atomic E-state index is 7.25. The molecule has 0 aliphatic heterocycles. The molecule has 2 nitrogen and oxygen atoms in total. The molecular weight excluding hydrogens is 317 g/mol. The van der Waals surface area contributed by atoms with Crippen molar-refractivity contribution in [2.45, 2.75) is 34.6 Å². The Balaban J connectivity index is 0. The first-order chi connectivity index (χ1) is 6.97. The third-order valence-corrected chi connectivity index (χ3v) is 2.81. The number of halogens is 2. The summed E-state index contributed by atoms with van der Waals surface area (Å²) < 4.78 is 0. The molecule has 0 unspecified atom stereocenters. The van der Waals surface area contributed by atoms with Crippen molar-refractivity contribution in [2.75, 3.05) is 0 Å². The Morgan fingerprint density at radius 3 is 1.07 bits per heavy atom. The largest absolute Gasteiger partial charge is 0.577 e. The summed E-state index contributed by atoms with van der Waals surface area (Å²) in [6.07, 6.45) is 0. The molecule has 0 aromatic heterocycles. The molecule has 1 radical (unpaired) electrons. The van der Waals surface area contributed by atoms with Gasteiger partial charge in [-0.15, -0.1) is 0 Å². The van der Waals surface area contributed by atoms with Crippen LogP contribution in [0.15, 0.2) is 22.3 Å². The Morgan fingerprint density at radius 2 is 1.00 bits per heavy atom. The van der Waals surface area contributed by atoms with Crippen molar-refractivity contribution >= 4 is 18.8 Å². The zero-order valence-corrected chi connectivity index (χ0v) is 13.0. The smallest absolute Gasteiger partial charge is 0.423 e. The number of hydrogen-bond donors (Lipinski definition) is 0. The average Bonchev–Trinajstić information content (AvgIpc) is 2.41. The number of nitrogens with zero attached hydrogens (tertiary/aromatic N) is 1. The van der Waals surface area contributed by atoms with Crippen LogP contribution < -0.4 is 0 Å². The van der Waals surface area contributed by atoms with Crippen molar-refractivity contribution in [2.24, 2.45) is 0 Å². The standard InChI is InChI=1S/C10H15.2ClH.Mo.NO/c1-6-7(2)9(4)10(5)8(6)3;;;;1-2/h1-5H3;2*1H;;/q;;;+2;-1/p-2. The summed E-state index contributed by atoms with van der Waals surface area (Å²) in [6.45, 7) is 11.0. The van der Waals surface area contributed by atoms with Crippen molar-refractivity contribution in [3.63, 3.8) is 0 Å². The third-order valence-electron chi connectivity index (χ3n) is 2.81. The number of allylic oxidation sites excluding steroid dienone is 4. The molecule has 1 rings (SSSR count). The predicted molar refractivity (Wildman–Crippen MR) is 64.1 cm³/mol.